The molecule has 3 aromatic rings. The van der Waals surface area contributed by atoms with Crippen LogP contribution >= 0.6 is 15.9 Å². The maximum atomic E-state index is 4.59. The van der Waals surface area contributed by atoms with Crippen LogP contribution in [0.15, 0.2) is 41.0 Å². The Labute approximate surface area is 133 Å². The van der Waals surface area contributed by atoms with Crippen LogP contribution in [0.2, 0.25) is 0 Å². The predicted molar refractivity (Wildman–Crippen MR) is 90.9 cm³/mol. The number of imidazole rings is 1. The van der Waals surface area contributed by atoms with Gasteiger partial charge < -0.3 is 9.72 Å². The van der Waals surface area contributed by atoms with Crippen molar-refractivity contribution < 1.29 is 0 Å². The molecule has 0 atom stereocenters. The lowest BCUT2D eigenvalue weighted by Crippen LogP contribution is -2.04. The van der Waals surface area contributed by atoms with Crippen molar-refractivity contribution in [3.8, 4) is 0 Å². The van der Waals surface area contributed by atoms with Gasteiger partial charge in [-0.15, -0.1) is 0 Å². The Morgan fingerprint density at radius 1 is 1.14 bits per heavy atom. The standard InChI is InChI=1S/C17H18BrN3/c1-11-8-14(9-12(2)17(11)18)19-10-15-13(3)20-16-6-4-5-7-21(15)16/h4-9,19H,10H2,1-3H3. The third-order valence-corrected chi connectivity index (χ3v) is 4.98. The highest BCUT2D eigenvalue weighted by atomic mass is 79.9. The zero-order valence-electron chi connectivity index (χ0n) is 12.4. The summed E-state index contributed by atoms with van der Waals surface area (Å²) in [5, 5.41) is 3.51. The van der Waals surface area contributed by atoms with E-state index in [0.29, 0.717) is 0 Å². The summed E-state index contributed by atoms with van der Waals surface area (Å²) in [7, 11) is 0. The van der Waals surface area contributed by atoms with Crippen LogP contribution in [0.25, 0.3) is 5.65 Å². The molecule has 3 rings (SSSR count). The molecule has 0 saturated heterocycles. The Hall–Kier alpha value is -1.81. The molecule has 0 fully saturated rings. The van der Waals surface area contributed by atoms with E-state index in [2.05, 4.69) is 69.7 Å². The molecular weight excluding hydrogens is 326 g/mol. The SMILES string of the molecule is Cc1cc(NCc2c(C)nc3ccccn23)cc(C)c1Br. The molecule has 108 valence electrons. The first-order valence-corrected chi connectivity index (χ1v) is 7.79. The van der Waals surface area contributed by atoms with E-state index in [1.165, 1.54) is 21.3 Å². The highest BCUT2D eigenvalue weighted by molar-refractivity contribution is 9.10. The Bertz CT molecular complexity index is 782. The molecule has 0 amide bonds. The van der Waals surface area contributed by atoms with Gasteiger partial charge in [-0.3, -0.25) is 0 Å². The van der Waals surface area contributed by atoms with Gasteiger partial charge in [0, 0.05) is 16.4 Å². The van der Waals surface area contributed by atoms with Crippen molar-refractivity contribution in [3.63, 3.8) is 0 Å². The van der Waals surface area contributed by atoms with Crippen LogP contribution in [-0.4, -0.2) is 9.38 Å². The van der Waals surface area contributed by atoms with Crippen LogP contribution in [0.3, 0.4) is 0 Å². The van der Waals surface area contributed by atoms with Crippen LogP contribution < -0.4 is 5.32 Å². The Morgan fingerprint density at radius 2 is 1.86 bits per heavy atom. The van der Waals surface area contributed by atoms with Gasteiger partial charge in [-0.1, -0.05) is 22.0 Å². The summed E-state index contributed by atoms with van der Waals surface area (Å²) in [5.74, 6) is 0. The summed E-state index contributed by atoms with van der Waals surface area (Å²) >= 11 is 3.61. The molecule has 3 nitrogen and oxygen atoms in total. The second-order valence-electron chi connectivity index (χ2n) is 5.35. The quantitative estimate of drug-likeness (QED) is 0.750. The predicted octanol–water partition coefficient (Wildman–Crippen LogP) is 4.63. The van der Waals surface area contributed by atoms with Crippen LogP contribution in [-0.2, 0) is 6.54 Å². The minimum absolute atomic E-state index is 0.761. The van der Waals surface area contributed by atoms with Crippen LogP contribution in [0.4, 0.5) is 5.69 Å². The van der Waals surface area contributed by atoms with E-state index in [9.17, 15) is 0 Å². The number of anilines is 1. The van der Waals surface area contributed by atoms with Crippen LogP contribution in [0.5, 0.6) is 0 Å². The number of fused-ring (bicyclic) bond motifs is 1. The molecule has 1 N–H and O–H groups in total. The van der Waals surface area contributed by atoms with Gasteiger partial charge in [-0.25, -0.2) is 4.98 Å². The number of aryl methyl sites for hydroxylation is 3. The van der Waals surface area contributed by atoms with Crippen molar-refractivity contribution in [3.05, 3.63) is 63.5 Å². The second kappa shape index (κ2) is 5.53. The van der Waals surface area contributed by atoms with E-state index >= 15 is 0 Å². The number of nitrogens with zero attached hydrogens (tertiary/aromatic N) is 2. The van der Waals surface area contributed by atoms with E-state index in [-0.39, 0.29) is 0 Å². The van der Waals surface area contributed by atoms with Gasteiger partial charge in [-0.05, 0) is 56.2 Å². The summed E-state index contributed by atoms with van der Waals surface area (Å²) in [6.07, 6.45) is 2.06. The van der Waals surface area contributed by atoms with E-state index in [1.54, 1.807) is 0 Å². The average Bonchev–Trinajstić information content (AvgIpc) is 2.78. The first-order chi connectivity index (χ1) is 10.1. The van der Waals surface area contributed by atoms with Crippen molar-refractivity contribution in [1.29, 1.82) is 0 Å². The average molecular weight is 344 g/mol. The fourth-order valence-electron chi connectivity index (χ4n) is 2.61. The Balaban J connectivity index is 1.88. The molecular formula is C17H18BrN3. The molecule has 1 aromatic carbocycles. The Kier molecular flexibility index (Phi) is 3.72. The summed E-state index contributed by atoms with van der Waals surface area (Å²) < 4.78 is 3.32. The molecule has 0 radical (unpaired) electrons. The fourth-order valence-corrected chi connectivity index (χ4v) is 2.84. The smallest absolute Gasteiger partial charge is 0.137 e. The number of rotatable bonds is 3. The number of halogens is 1. The summed E-state index contributed by atoms with van der Waals surface area (Å²) in [5.41, 5.74) is 6.89. The first-order valence-electron chi connectivity index (χ1n) is 6.99. The number of benzene rings is 1. The van der Waals surface area contributed by atoms with Crippen molar-refractivity contribution in [2.45, 2.75) is 27.3 Å². The molecule has 0 bridgehead atoms. The third-order valence-electron chi connectivity index (χ3n) is 3.73. The molecule has 21 heavy (non-hydrogen) atoms. The highest BCUT2D eigenvalue weighted by Gasteiger charge is 2.08. The lowest BCUT2D eigenvalue weighted by molar-refractivity contribution is 0.985. The molecule has 2 aromatic heterocycles. The van der Waals surface area contributed by atoms with E-state index in [1.807, 2.05) is 18.2 Å². The van der Waals surface area contributed by atoms with E-state index < -0.39 is 0 Å². The first kappa shape index (κ1) is 14.1. The van der Waals surface area contributed by atoms with Crippen LogP contribution in [0, 0.1) is 20.8 Å². The van der Waals surface area contributed by atoms with Gasteiger partial charge in [0.05, 0.1) is 17.9 Å². The summed E-state index contributed by atoms with van der Waals surface area (Å²) in [6, 6.07) is 10.4. The number of aromatic nitrogens is 2. The van der Waals surface area contributed by atoms with Crippen LogP contribution in [0.1, 0.15) is 22.5 Å². The number of hydrogen-bond acceptors (Lipinski definition) is 2. The van der Waals surface area contributed by atoms with E-state index in [4.69, 9.17) is 0 Å². The summed E-state index contributed by atoms with van der Waals surface area (Å²) in [6.45, 7) is 7.04. The monoisotopic (exact) mass is 343 g/mol. The lowest BCUT2D eigenvalue weighted by Gasteiger charge is -2.11. The largest absolute Gasteiger partial charge is 0.379 e. The minimum Gasteiger partial charge on any atom is -0.379 e. The zero-order valence-corrected chi connectivity index (χ0v) is 14.0. The zero-order chi connectivity index (χ0) is 15.0. The van der Waals surface area contributed by atoms with Crippen molar-refractivity contribution >= 4 is 27.3 Å². The molecule has 0 aliphatic rings. The van der Waals surface area contributed by atoms with Crippen molar-refractivity contribution in [2.24, 2.45) is 0 Å². The molecule has 0 aliphatic carbocycles. The summed E-state index contributed by atoms with van der Waals surface area (Å²) in [4.78, 5) is 4.59. The second-order valence-corrected chi connectivity index (χ2v) is 6.14. The fraction of sp³-hybridized carbons (Fsp3) is 0.235. The number of pyridine rings is 1. The Morgan fingerprint density at radius 3 is 2.57 bits per heavy atom. The molecule has 2 heterocycles. The maximum Gasteiger partial charge on any atom is 0.137 e. The van der Waals surface area contributed by atoms with Crippen molar-refractivity contribution in [1.82, 2.24) is 9.38 Å². The topological polar surface area (TPSA) is 29.3 Å². The maximum absolute atomic E-state index is 4.59. The molecule has 0 aliphatic heterocycles. The molecule has 0 saturated carbocycles. The van der Waals surface area contributed by atoms with Gasteiger partial charge in [-0.2, -0.15) is 0 Å². The van der Waals surface area contributed by atoms with Gasteiger partial charge in [0.25, 0.3) is 0 Å². The van der Waals surface area contributed by atoms with Crippen molar-refractivity contribution in [2.75, 3.05) is 5.32 Å². The van der Waals surface area contributed by atoms with Gasteiger partial charge in [0.15, 0.2) is 0 Å². The minimum atomic E-state index is 0.761. The van der Waals surface area contributed by atoms with Gasteiger partial charge in [0.1, 0.15) is 5.65 Å². The molecule has 0 spiro atoms. The number of hydrogen-bond donors (Lipinski definition) is 1. The normalized spacial score (nSPS) is 11.0. The van der Waals surface area contributed by atoms with Gasteiger partial charge >= 0.3 is 0 Å². The number of nitrogens with one attached hydrogen (secondary N) is 1. The lowest BCUT2D eigenvalue weighted by atomic mass is 10.1. The third kappa shape index (κ3) is 2.68. The molecule has 0 unspecified atom stereocenters. The molecule has 4 heteroatoms. The van der Waals surface area contributed by atoms with E-state index in [0.717, 1.165) is 23.6 Å². The highest BCUT2D eigenvalue weighted by Crippen LogP contribution is 2.25. The van der Waals surface area contributed by atoms with Gasteiger partial charge in [0.2, 0.25) is 0 Å².